The molecule has 5 nitrogen and oxygen atoms in total. The highest BCUT2D eigenvalue weighted by atomic mass is 16.5. The molecule has 0 atom stereocenters. The summed E-state index contributed by atoms with van der Waals surface area (Å²) in [6.45, 7) is 4.82. The van der Waals surface area contributed by atoms with Gasteiger partial charge in [-0.2, -0.15) is 0 Å². The number of hydrogen-bond donors (Lipinski definition) is 2. The van der Waals surface area contributed by atoms with Crippen molar-refractivity contribution in [3.05, 3.63) is 42.0 Å². The molecule has 6 heteroatoms. The molecule has 2 aromatic rings. The third-order valence-electron chi connectivity index (χ3n) is 3.19. The maximum Gasteiger partial charge on any atom is 0.492 e. The number of imidazole rings is 1. The maximum atomic E-state index is 9.39. The number of aromatic nitrogens is 2. The molecule has 0 aliphatic carbocycles. The molecule has 0 saturated heterocycles. The van der Waals surface area contributed by atoms with Gasteiger partial charge in [0, 0.05) is 30.3 Å². The second kappa shape index (κ2) is 6.11. The van der Waals surface area contributed by atoms with Gasteiger partial charge in [0.05, 0.1) is 7.11 Å². The fourth-order valence-electron chi connectivity index (χ4n) is 2.24. The van der Waals surface area contributed by atoms with E-state index >= 15 is 0 Å². The Bertz CT molecular complexity index is 582. The predicted octanol–water partition coefficient (Wildman–Crippen LogP) is 0.743. The van der Waals surface area contributed by atoms with Crippen LogP contribution in [0.25, 0.3) is 0 Å². The van der Waals surface area contributed by atoms with Crippen molar-refractivity contribution >= 4 is 12.6 Å². The van der Waals surface area contributed by atoms with Crippen molar-refractivity contribution < 1.29 is 14.8 Å². The Balaban J connectivity index is 2.30. The van der Waals surface area contributed by atoms with Crippen molar-refractivity contribution in [2.45, 2.75) is 26.3 Å². The number of methoxy groups -OCH3 is 1. The largest absolute Gasteiger partial charge is 0.497 e. The first-order chi connectivity index (χ1) is 9.52. The summed E-state index contributed by atoms with van der Waals surface area (Å²) in [5.74, 6) is 1.82. The first-order valence-electron chi connectivity index (χ1n) is 6.57. The van der Waals surface area contributed by atoms with Gasteiger partial charge in [0.2, 0.25) is 0 Å². The second-order valence-electron chi connectivity index (χ2n) is 5.02. The van der Waals surface area contributed by atoms with Gasteiger partial charge in [-0.3, -0.25) is 0 Å². The molecule has 0 aliphatic rings. The van der Waals surface area contributed by atoms with E-state index in [0.717, 1.165) is 11.4 Å². The van der Waals surface area contributed by atoms with Crippen LogP contribution in [0.2, 0.25) is 0 Å². The average Bonchev–Trinajstić information content (AvgIpc) is 2.87. The van der Waals surface area contributed by atoms with Gasteiger partial charge in [0.25, 0.3) is 0 Å². The molecule has 0 aliphatic heterocycles. The molecule has 20 heavy (non-hydrogen) atoms. The van der Waals surface area contributed by atoms with Crippen LogP contribution in [-0.4, -0.2) is 33.8 Å². The van der Waals surface area contributed by atoms with Crippen molar-refractivity contribution in [2.24, 2.45) is 0 Å². The lowest BCUT2D eigenvalue weighted by atomic mass is 9.78. The summed E-state index contributed by atoms with van der Waals surface area (Å²) in [6, 6.07) is 5.40. The summed E-state index contributed by atoms with van der Waals surface area (Å²) in [5, 5.41) is 18.8. The highest BCUT2D eigenvalue weighted by Crippen LogP contribution is 2.15. The van der Waals surface area contributed by atoms with E-state index in [4.69, 9.17) is 4.74 Å². The third kappa shape index (κ3) is 3.03. The number of ether oxygens (including phenoxy) is 1. The molecule has 2 N–H and O–H groups in total. The van der Waals surface area contributed by atoms with E-state index in [1.165, 1.54) is 7.11 Å². The molecule has 1 heterocycles. The van der Waals surface area contributed by atoms with Gasteiger partial charge in [-0.1, -0.05) is 26.0 Å². The zero-order valence-corrected chi connectivity index (χ0v) is 11.9. The van der Waals surface area contributed by atoms with Gasteiger partial charge < -0.3 is 19.4 Å². The molecular formula is C14H19BN2O3. The van der Waals surface area contributed by atoms with Crippen molar-refractivity contribution in [3.8, 4) is 5.75 Å². The molecule has 0 spiro atoms. The SMILES string of the molecule is COc1ccc(Cn2ccnc2C(C)C)cc1B(O)O. The Kier molecular flexibility index (Phi) is 4.47. The van der Waals surface area contributed by atoms with Gasteiger partial charge in [0.1, 0.15) is 11.6 Å². The fraction of sp³-hybridized carbons (Fsp3) is 0.357. The Labute approximate surface area is 119 Å². The third-order valence-corrected chi connectivity index (χ3v) is 3.19. The molecule has 0 amide bonds. The van der Waals surface area contributed by atoms with Crippen molar-refractivity contribution in [2.75, 3.05) is 7.11 Å². The van der Waals surface area contributed by atoms with Crippen LogP contribution in [0.1, 0.15) is 31.2 Å². The first kappa shape index (κ1) is 14.6. The van der Waals surface area contributed by atoms with Crippen LogP contribution in [-0.2, 0) is 6.54 Å². The van der Waals surface area contributed by atoms with Crippen LogP contribution in [0.5, 0.6) is 5.75 Å². The number of benzene rings is 1. The van der Waals surface area contributed by atoms with Crippen LogP contribution in [0.4, 0.5) is 0 Å². The zero-order valence-electron chi connectivity index (χ0n) is 11.9. The minimum absolute atomic E-state index is 0.339. The Morgan fingerprint density at radius 3 is 2.70 bits per heavy atom. The normalized spacial score (nSPS) is 10.9. The second-order valence-corrected chi connectivity index (χ2v) is 5.02. The highest BCUT2D eigenvalue weighted by molar-refractivity contribution is 6.59. The summed E-state index contributed by atoms with van der Waals surface area (Å²) in [6.07, 6.45) is 3.70. The molecule has 0 unspecified atom stereocenters. The van der Waals surface area contributed by atoms with Crippen molar-refractivity contribution in [1.82, 2.24) is 9.55 Å². The molecule has 1 aromatic heterocycles. The van der Waals surface area contributed by atoms with Crippen LogP contribution in [0, 0.1) is 0 Å². The summed E-state index contributed by atoms with van der Waals surface area (Å²) in [4.78, 5) is 4.34. The molecular weight excluding hydrogens is 255 g/mol. The van der Waals surface area contributed by atoms with Crippen molar-refractivity contribution in [1.29, 1.82) is 0 Å². The van der Waals surface area contributed by atoms with Crippen LogP contribution in [0.15, 0.2) is 30.6 Å². The van der Waals surface area contributed by atoms with Gasteiger partial charge in [-0.15, -0.1) is 0 Å². The number of hydrogen-bond acceptors (Lipinski definition) is 4. The summed E-state index contributed by atoms with van der Waals surface area (Å²) in [5.41, 5.74) is 1.34. The van der Waals surface area contributed by atoms with E-state index < -0.39 is 7.12 Å². The molecule has 106 valence electrons. The van der Waals surface area contributed by atoms with Crippen LogP contribution >= 0.6 is 0 Å². The summed E-state index contributed by atoms with van der Waals surface area (Å²) >= 11 is 0. The van der Waals surface area contributed by atoms with E-state index in [1.807, 2.05) is 12.3 Å². The topological polar surface area (TPSA) is 67.5 Å². The maximum absolute atomic E-state index is 9.39. The minimum Gasteiger partial charge on any atom is -0.497 e. The van der Waals surface area contributed by atoms with E-state index in [2.05, 4.69) is 23.4 Å². The Hall–Kier alpha value is -1.79. The lowest BCUT2D eigenvalue weighted by Crippen LogP contribution is -2.31. The predicted molar refractivity (Wildman–Crippen MR) is 78.2 cm³/mol. The van der Waals surface area contributed by atoms with Gasteiger partial charge in [0.15, 0.2) is 0 Å². The minimum atomic E-state index is -1.54. The molecule has 0 radical (unpaired) electrons. The fourth-order valence-corrected chi connectivity index (χ4v) is 2.24. The lowest BCUT2D eigenvalue weighted by molar-refractivity contribution is 0.403. The first-order valence-corrected chi connectivity index (χ1v) is 6.57. The highest BCUT2D eigenvalue weighted by Gasteiger charge is 2.18. The average molecular weight is 274 g/mol. The zero-order chi connectivity index (χ0) is 14.7. The lowest BCUT2D eigenvalue weighted by Gasteiger charge is -2.13. The molecule has 0 bridgehead atoms. The monoisotopic (exact) mass is 274 g/mol. The summed E-state index contributed by atoms with van der Waals surface area (Å²) < 4.78 is 7.18. The van der Waals surface area contributed by atoms with Gasteiger partial charge >= 0.3 is 7.12 Å². The smallest absolute Gasteiger partial charge is 0.492 e. The molecule has 0 saturated carbocycles. The molecule has 1 aromatic carbocycles. The molecule has 2 rings (SSSR count). The quantitative estimate of drug-likeness (QED) is 0.789. The summed E-state index contributed by atoms with van der Waals surface area (Å²) in [7, 11) is -0.0366. The Morgan fingerprint density at radius 1 is 1.35 bits per heavy atom. The standard InChI is InChI=1S/C14H19BN2O3/c1-10(2)14-16-6-7-17(14)9-11-4-5-13(20-3)12(8-11)15(18)19/h4-8,10,18-19H,9H2,1-3H3. The van der Waals surface area contributed by atoms with Crippen LogP contribution in [0.3, 0.4) is 0 Å². The number of nitrogens with zero attached hydrogens (tertiary/aromatic N) is 2. The van der Waals surface area contributed by atoms with Gasteiger partial charge in [-0.05, 0) is 11.6 Å². The Morgan fingerprint density at radius 2 is 2.10 bits per heavy atom. The number of rotatable bonds is 5. The van der Waals surface area contributed by atoms with E-state index in [1.54, 1.807) is 18.3 Å². The van der Waals surface area contributed by atoms with E-state index in [-0.39, 0.29) is 0 Å². The van der Waals surface area contributed by atoms with Crippen molar-refractivity contribution in [3.63, 3.8) is 0 Å². The van der Waals surface area contributed by atoms with E-state index in [0.29, 0.717) is 23.7 Å². The van der Waals surface area contributed by atoms with Crippen LogP contribution < -0.4 is 10.2 Å². The van der Waals surface area contributed by atoms with E-state index in [9.17, 15) is 10.0 Å². The van der Waals surface area contributed by atoms with Gasteiger partial charge in [-0.25, -0.2) is 4.98 Å². The molecule has 0 fully saturated rings.